The number of phenols is 1. The van der Waals surface area contributed by atoms with Crippen molar-refractivity contribution in [2.45, 2.75) is 6.42 Å². The summed E-state index contributed by atoms with van der Waals surface area (Å²) < 4.78 is 5.04. The van der Waals surface area contributed by atoms with E-state index in [1.54, 1.807) is 36.4 Å². The van der Waals surface area contributed by atoms with Crippen molar-refractivity contribution in [1.29, 1.82) is 0 Å². The Kier molecular flexibility index (Phi) is 4.61. The highest BCUT2D eigenvalue weighted by Crippen LogP contribution is 2.26. The molecule has 0 saturated carbocycles. The number of aromatic hydroxyl groups is 1. The van der Waals surface area contributed by atoms with Gasteiger partial charge in [-0.2, -0.15) is 0 Å². The number of carbonyl (C=O) groups is 1. The molecule has 21 heavy (non-hydrogen) atoms. The molecule has 2 N–H and O–H groups in total. The highest BCUT2D eigenvalue weighted by Gasteiger charge is 2.07. The van der Waals surface area contributed by atoms with Gasteiger partial charge in [0.1, 0.15) is 0 Å². The standard InChI is InChI=1S/C17H16O4/c1-21-16-11-12(9-10-15(16)18)5-4-7-13-6-2-3-8-14(13)17(19)20/h2-6,8-11,18H,7H2,1H3,(H,19,20)/b5-4+. The number of ether oxygens (including phenoxy) is 1. The molecule has 0 saturated heterocycles. The van der Waals surface area contributed by atoms with Crippen LogP contribution in [0.1, 0.15) is 21.5 Å². The minimum Gasteiger partial charge on any atom is -0.504 e. The topological polar surface area (TPSA) is 66.8 Å². The van der Waals surface area contributed by atoms with Crippen LogP contribution in [0.4, 0.5) is 0 Å². The predicted molar refractivity (Wildman–Crippen MR) is 80.8 cm³/mol. The molecule has 0 aromatic heterocycles. The maximum atomic E-state index is 11.1. The number of hydrogen-bond acceptors (Lipinski definition) is 3. The van der Waals surface area contributed by atoms with Gasteiger partial charge in [0.15, 0.2) is 11.5 Å². The van der Waals surface area contributed by atoms with Crippen molar-refractivity contribution >= 4 is 12.0 Å². The third-order valence-electron chi connectivity index (χ3n) is 3.10. The summed E-state index contributed by atoms with van der Waals surface area (Å²) in [5.74, 6) is -0.431. The molecule has 4 heteroatoms. The molecule has 0 aliphatic carbocycles. The molecule has 0 amide bonds. The van der Waals surface area contributed by atoms with Gasteiger partial charge >= 0.3 is 5.97 Å². The van der Waals surface area contributed by atoms with Crippen LogP contribution in [0.2, 0.25) is 0 Å². The van der Waals surface area contributed by atoms with E-state index in [-0.39, 0.29) is 5.75 Å². The SMILES string of the molecule is COc1cc(/C=C/Cc2ccccc2C(=O)O)ccc1O. The molecule has 2 aromatic carbocycles. The Hall–Kier alpha value is -2.75. The van der Waals surface area contributed by atoms with Crippen LogP contribution in [0.3, 0.4) is 0 Å². The number of allylic oxidation sites excluding steroid dienone is 1. The minimum atomic E-state index is -0.926. The lowest BCUT2D eigenvalue weighted by Crippen LogP contribution is -2.01. The van der Waals surface area contributed by atoms with Gasteiger partial charge in [0.05, 0.1) is 12.7 Å². The Balaban J connectivity index is 2.15. The summed E-state index contributed by atoms with van der Waals surface area (Å²) in [5.41, 5.74) is 1.94. The summed E-state index contributed by atoms with van der Waals surface area (Å²) in [6, 6.07) is 12.0. The number of methoxy groups -OCH3 is 1. The highest BCUT2D eigenvalue weighted by molar-refractivity contribution is 5.89. The second-order valence-corrected chi connectivity index (χ2v) is 4.50. The van der Waals surface area contributed by atoms with Gasteiger partial charge in [-0.3, -0.25) is 0 Å². The summed E-state index contributed by atoms with van der Waals surface area (Å²) in [6.07, 6.45) is 4.26. The fraction of sp³-hybridized carbons (Fsp3) is 0.118. The fourth-order valence-corrected chi connectivity index (χ4v) is 2.03. The van der Waals surface area contributed by atoms with Crippen LogP contribution in [0.15, 0.2) is 48.5 Å². The second kappa shape index (κ2) is 6.61. The number of aromatic carboxylic acids is 1. The fourth-order valence-electron chi connectivity index (χ4n) is 2.03. The Morgan fingerprint density at radius 1 is 1.24 bits per heavy atom. The molecule has 0 aliphatic rings. The van der Waals surface area contributed by atoms with E-state index < -0.39 is 5.97 Å². The zero-order valence-corrected chi connectivity index (χ0v) is 11.6. The minimum absolute atomic E-state index is 0.0888. The molecule has 4 nitrogen and oxygen atoms in total. The van der Waals surface area contributed by atoms with E-state index in [1.807, 2.05) is 18.2 Å². The first-order chi connectivity index (χ1) is 10.1. The Morgan fingerprint density at radius 2 is 2.00 bits per heavy atom. The number of hydrogen-bond donors (Lipinski definition) is 2. The van der Waals surface area contributed by atoms with E-state index in [0.717, 1.165) is 11.1 Å². The van der Waals surface area contributed by atoms with Gasteiger partial charge in [0.25, 0.3) is 0 Å². The van der Waals surface area contributed by atoms with Crippen LogP contribution >= 0.6 is 0 Å². The van der Waals surface area contributed by atoms with Crippen LogP contribution in [0.25, 0.3) is 6.08 Å². The third-order valence-corrected chi connectivity index (χ3v) is 3.10. The van der Waals surface area contributed by atoms with E-state index in [4.69, 9.17) is 9.84 Å². The lowest BCUT2D eigenvalue weighted by Gasteiger charge is -2.04. The highest BCUT2D eigenvalue weighted by atomic mass is 16.5. The molecule has 0 radical (unpaired) electrons. The number of rotatable bonds is 5. The predicted octanol–water partition coefficient (Wildman–Crippen LogP) is 3.35. The van der Waals surface area contributed by atoms with Crippen LogP contribution in [-0.4, -0.2) is 23.3 Å². The summed E-state index contributed by atoms with van der Waals surface area (Å²) in [6.45, 7) is 0. The number of carboxylic acid groups (broad SMARTS) is 1. The summed E-state index contributed by atoms with van der Waals surface area (Å²) in [5, 5.41) is 18.6. The summed E-state index contributed by atoms with van der Waals surface area (Å²) in [4.78, 5) is 11.1. The summed E-state index contributed by atoms with van der Waals surface area (Å²) >= 11 is 0. The van der Waals surface area contributed by atoms with Crippen molar-refractivity contribution in [3.63, 3.8) is 0 Å². The van der Waals surface area contributed by atoms with E-state index in [9.17, 15) is 9.90 Å². The zero-order valence-electron chi connectivity index (χ0n) is 11.6. The lowest BCUT2D eigenvalue weighted by molar-refractivity contribution is 0.0696. The van der Waals surface area contributed by atoms with E-state index in [2.05, 4.69) is 0 Å². The first kappa shape index (κ1) is 14.7. The molecule has 0 spiro atoms. The molecular formula is C17H16O4. The van der Waals surface area contributed by atoms with Gasteiger partial charge in [-0.1, -0.05) is 36.4 Å². The lowest BCUT2D eigenvalue weighted by atomic mass is 10.0. The van der Waals surface area contributed by atoms with Crippen molar-refractivity contribution in [1.82, 2.24) is 0 Å². The molecule has 2 aromatic rings. The maximum absolute atomic E-state index is 11.1. The molecule has 0 aliphatic heterocycles. The third kappa shape index (κ3) is 3.63. The van der Waals surface area contributed by atoms with Crippen LogP contribution in [-0.2, 0) is 6.42 Å². The molecule has 2 rings (SSSR count). The smallest absolute Gasteiger partial charge is 0.335 e. The Bertz CT molecular complexity index is 674. The largest absolute Gasteiger partial charge is 0.504 e. The maximum Gasteiger partial charge on any atom is 0.335 e. The normalized spacial score (nSPS) is 10.7. The Morgan fingerprint density at radius 3 is 2.71 bits per heavy atom. The van der Waals surface area contributed by atoms with Gasteiger partial charge in [0.2, 0.25) is 0 Å². The molecule has 0 atom stereocenters. The number of carboxylic acids is 1. The van der Waals surface area contributed by atoms with Crippen molar-refractivity contribution in [2.75, 3.05) is 7.11 Å². The molecule has 108 valence electrons. The van der Waals surface area contributed by atoms with Gasteiger partial charge in [-0.15, -0.1) is 0 Å². The average molecular weight is 284 g/mol. The van der Waals surface area contributed by atoms with Crippen LogP contribution in [0, 0.1) is 0 Å². The first-order valence-corrected chi connectivity index (χ1v) is 6.46. The quantitative estimate of drug-likeness (QED) is 0.883. The second-order valence-electron chi connectivity index (χ2n) is 4.50. The van der Waals surface area contributed by atoms with Crippen molar-refractivity contribution in [2.24, 2.45) is 0 Å². The van der Waals surface area contributed by atoms with Gasteiger partial charge in [0, 0.05) is 0 Å². The monoisotopic (exact) mass is 284 g/mol. The molecule has 0 fully saturated rings. The first-order valence-electron chi connectivity index (χ1n) is 6.46. The van der Waals surface area contributed by atoms with Crippen molar-refractivity contribution in [3.05, 3.63) is 65.2 Å². The Labute approximate surface area is 122 Å². The van der Waals surface area contributed by atoms with Crippen molar-refractivity contribution < 1.29 is 19.7 Å². The molecule has 0 bridgehead atoms. The molecule has 0 unspecified atom stereocenters. The van der Waals surface area contributed by atoms with Gasteiger partial charge < -0.3 is 14.9 Å². The number of phenolic OH excluding ortho intramolecular Hbond substituents is 1. The van der Waals surface area contributed by atoms with Crippen LogP contribution < -0.4 is 4.74 Å². The van der Waals surface area contributed by atoms with E-state index in [1.165, 1.54) is 7.11 Å². The van der Waals surface area contributed by atoms with Crippen molar-refractivity contribution in [3.8, 4) is 11.5 Å². The number of benzene rings is 2. The van der Waals surface area contributed by atoms with Gasteiger partial charge in [-0.25, -0.2) is 4.79 Å². The average Bonchev–Trinajstić information content (AvgIpc) is 2.49. The van der Waals surface area contributed by atoms with E-state index in [0.29, 0.717) is 17.7 Å². The summed E-state index contributed by atoms with van der Waals surface area (Å²) in [7, 11) is 1.49. The van der Waals surface area contributed by atoms with Gasteiger partial charge in [-0.05, 0) is 35.7 Å². The molecular weight excluding hydrogens is 268 g/mol. The van der Waals surface area contributed by atoms with Crippen LogP contribution in [0.5, 0.6) is 11.5 Å². The zero-order chi connectivity index (χ0) is 15.2. The molecule has 0 heterocycles. The van der Waals surface area contributed by atoms with E-state index >= 15 is 0 Å².